The summed E-state index contributed by atoms with van der Waals surface area (Å²) in [6.45, 7) is 0.898. The van der Waals surface area contributed by atoms with Crippen LogP contribution < -0.4 is 5.32 Å². The normalized spacial score (nSPS) is 27.8. The van der Waals surface area contributed by atoms with Gasteiger partial charge < -0.3 is 10.1 Å². The molecule has 18 heavy (non-hydrogen) atoms. The summed E-state index contributed by atoms with van der Waals surface area (Å²) in [7, 11) is 0. The Kier molecular flexibility index (Phi) is 2.52. The maximum Gasteiger partial charge on any atom is 0.117 e. The van der Waals surface area contributed by atoms with E-state index in [0.29, 0.717) is 12.1 Å². The van der Waals surface area contributed by atoms with Crippen LogP contribution in [0.5, 0.6) is 0 Å². The first-order valence-corrected chi connectivity index (χ1v) is 7.42. The molecular weight excluding hydrogens is 244 g/mol. The smallest absolute Gasteiger partial charge is 0.117 e. The van der Waals surface area contributed by atoms with Crippen molar-refractivity contribution in [3.63, 3.8) is 0 Å². The summed E-state index contributed by atoms with van der Waals surface area (Å²) >= 11 is 1.57. The minimum atomic E-state index is 0.422. The van der Waals surface area contributed by atoms with Crippen LogP contribution in [0.4, 0.5) is 5.00 Å². The van der Waals surface area contributed by atoms with Crippen LogP contribution in [-0.2, 0) is 4.74 Å². The molecule has 0 spiro atoms. The first-order chi connectivity index (χ1) is 8.92. The van der Waals surface area contributed by atoms with Crippen LogP contribution in [0.2, 0.25) is 0 Å². The summed E-state index contributed by atoms with van der Waals surface area (Å²) in [5.74, 6) is 0.796. The van der Waals surface area contributed by atoms with Crippen molar-refractivity contribution in [3.8, 4) is 0 Å². The van der Waals surface area contributed by atoms with Gasteiger partial charge in [0, 0.05) is 12.0 Å². The van der Waals surface area contributed by atoms with Crippen LogP contribution in [0.15, 0.2) is 24.3 Å². The summed E-state index contributed by atoms with van der Waals surface area (Å²) < 4.78 is 10.4. The minimum Gasteiger partial charge on any atom is -0.376 e. The average Bonchev–Trinajstić information content (AvgIpc) is 3.01. The van der Waals surface area contributed by atoms with E-state index in [1.807, 2.05) is 6.07 Å². The van der Waals surface area contributed by atoms with Gasteiger partial charge in [0.15, 0.2) is 0 Å². The lowest BCUT2D eigenvalue weighted by atomic mass is 10.1. The van der Waals surface area contributed by atoms with Gasteiger partial charge in [-0.1, -0.05) is 12.1 Å². The molecule has 0 amide bonds. The van der Waals surface area contributed by atoms with E-state index in [1.54, 1.807) is 11.5 Å². The third kappa shape index (κ3) is 1.80. The van der Waals surface area contributed by atoms with Gasteiger partial charge >= 0.3 is 0 Å². The van der Waals surface area contributed by atoms with Crippen LogP contribution in [0.25, 0.3) is 10.9 Å². The van der Waals surface area contributed by atoms with Crippen molar-refractivity contribution in [3.05, 3.63) is 24.3 Å². The largest absolute Gasteiger partial charge is 0.376 e. The van der Waals surface area contributed by atoms with E-state index in [1.165, 1.54) is 23.2 Å². The van der Waals surface area contributed by atoms with Crippen LogP contribution in [-0.4, -0.2) is 23.1 Å². The Balaban J connectivity index is 1.60. The van der Waals surface area contributed by atoms with Crippen molar-refractivity contribution in [2.24, 2.45) is 5.92 Å². The lowest BCUT2D eigenvalue weighted by Crippen LogP contribution is -2.30. The topological polar surface area (TPSA) is 34.1 Å². The van der Waals surface area contributed by atoms with E-state index in [2.05, 4.69) is 27.9 Å². The highest BCUT2D eigenvalue weighted by Crippen LogP contribution is 2.40. The molecule has 2 aliphatic rings. The van der Waals surface area contributed by atoms with Crippen molar-refractivity contribution in [1.29, 1.82) is 0 Å². The first kappa shape index (κ1) is 10.8. The van der Waals surface area contributed by atoms with Crippen molar-refractivity contribution in [1.82, 2.24) is 4.37 Å². The summed E-state index contributed by atoms with van der Waals surface area (Å²) in [4.78, 5) is 0. The van der Waals surface area contributed by atoms with Gasteiger partial charge in [-0.3, -0.25) is 0 Å². The molecule has 1 aromatic carbocycles. The Morgan fingerprint density at radius 2 is 2.11 bits per heavy atom. The fraction of sp³-hybridized carbons (Fsp3) is 0.500. The van der Waals surface area contributed by atoms with Crippen molar-refractivity contribution >= 4 is 27.4 Å². The summed E-state index contributed by atoms with van der Waals surface area (Å²) in [6, 6.07) is 8.80. The quantitative estimate of drug-likeness (QED) is 0.919. The number of nitrogens with one attached hydrogen (secondary N) is 1. The fourth-order valence-corrected chi connectivity index (χ4v) is 3.64. The number of aromatic nitrogens is 1. The number of anilines is 1. The average molecular weight is 260 g/mol. The molecule has 2 aromatic rings. The number of rotatable bonds is 3. The lowest BCUT2D eigenvalue weighted by Gasteiger charge is -2.19. The Labute approximate surface area is 110 Å². The highest BCUT2D eigenvalue weighted by atomic mass is 32.1. The number of hydrogen-bond donors (Lipinski definition) is 1. The number of ether oxygens (including phenoxy) is 1. The predicted octanol–water partition coefficient (Wildman–Crippen LogP) is 3.28. The second-order valence-corrected chi connectivity index (χ2v) is 6.01. The monoisotopic (exact) mass is 260 g/mol. The van der Waals surface area contributed by atoms with Gasteiger partial charge in [0.1, 0.15) is 5.00 Å². The maximum atomic E-state index is 5.87. The fourth-order valence-electron chi connectivity index (χ4n) is 2.82. The molecule has 2 unspecified atom stereocenters. The van der Waals surface area contributed by atoms with Crippen molar-refractivity contribution in [2.45, 2.75) is 31.4 Å². The van der Waals surface area contributed by atoms with Gasteiger partial charge in [-0.05, 0) is 48.8 Å². The molecule has 0 radical (unpaired) electrons. The SMILES string of the molecule is c1ccc2c(NC3CCOC3C3CC3)snc2c1. The Bertz CT molecular complexity index is 564. The van der Waals surface area contributed by atoms with Crippen molar-refractivity contribution < 1.29 is 4.74 Å². The molecule has 1 N–H and O–H groups in total. The molecule has 0 bridgehead atoms. The van der Waals surface area contributed by atoms with Gasteiger partial charge in [-0.25, -0.2) is 0 Å². The van der Waals surface area contributed by atoms with E-state index < -0.39 is 0 Å². The molecule has 2 heterocycles. The van der Waals surface area contributed by atoms with Crippen LogP contribution >= 0.6 is 11.5 Å². The highest BCUT2D eigenvalue weighted by Gasteiger charge is 2.40. The number of hydrogen-bond acceptors (Lipinski definition) is 4. The molecule has 3 nitrogen and oxygen atoms in total. The van der Waals surface area contributed by atoms with Crippen LogP contribution in [0.1, 0.15) is 19.3 Å². The minimum absolute atomic E-state index is 0.422. The molecule has 94 valence electrons. The predicted molar refractivity (Wildman–Crippen MR) is 74.1 cm³/mol. The third-order valence-electron chi connectivity index (χ3n) is 3.92. The lowest BCUT2D eigenvalue weighted by molar-refractivity contribution is 0.0899. The second kappa shape index (κ2) is 4.21. The van der Waals surface area contributed by atoms with Crippen LogP contribution in [0.3, 0.4) is 0 Å². The summed E-state index contributed by atoms with van der Waals surface area (Å²) in [6.07, 6.45) is 4.22. The molecule has 1 aliphatic carbocycles. The molecule has 1 aromatic heterocycles. The van der Waals surface area contributed by atoms with E-state index in [0.717, 1.165) is 24.5 Å². The van der Waals surface area contributed by atoms with Gasteiger partial charge in [-0.15, -0.1) is 0 Å². The molecule has 1 aliphatic heterocycles. The Morgan fingerprint density at radius 3 is 3.00 bits per heavy atom. The molecule has 1 saturated carbocycles. The Morgan fingerprint density at radius 1 is 1.22 bits per heavy atom. The van der Waals surface area contributed by atoms with Gasteiger partial charge in [-0.2, -0.15) is 4.37 Å². The van der Waals surface area contributed by atoms with E-state index >= 15 is 0 Å². The van der Waals surface area contributed by atoms with Crippen LogP contribution in [0, 0.1) is 5.92 Å². The second-order valence-electron chi connectivity index (χ2n) is 5.24. The zero-order chi connectivity index (χ0) is 11.9. The van der Waals surface area contributed by atoms with Gasteiger partial charge in [0.2, 0.25) is 0 Å². The molecule has 2 fully saturated rings. The summed E-state index contributed by atoms with van der Waals surface area (Å²) in [5.41, 5.74) is 1.09. The third-order valence-corrected chi connectivity index (χ3v) is 4.73. The highest BCUT2D eigenvalue weighted by molar-refractivity contribution is 7.11. The molecule has 4 heteroatoms. The number of benzene rings is 1. The molecule has 4 rings (SSSR count). The van der Waals surface area contributed by atoms with E-state index in [4.69, 9.17) is 4.74 Å². The van der Waals surface area contributed by atoms with Gasteiger partial charge in [0.25, 0.3) is 0 Å². The van der Waals surface area contributed by atoms with E-state index in [-0.39, 0.29) is 0 Å². The number of fused-ring (bicyclic) bond motifs is 1. The zero-order valence-electron chi connectivity index (χ0n) is 10.1. The summed E-state index contributed by atoms with van der Waals surface area (Å²) in [5, 5.41) is 6.11. The van der Waals surface area contributed by atoms with E-state index in [9.17, 15) is 0 Å². The molecular formula is C14H16N2OS. The maximum absolute atomic E-state index is 5.87. The van der Waals surface area contributed by atoms with Gasteiger partial charge in [0.05, 0.1) is 17.7 Å². The zero-order valence-corrected chi connectivity index (χ0v) is 11.0. The molecule has 1 saturated heterocycles. The first-order valence-electron chi connectivity index (χ1n) is 6.64. The van der Waals surface area contributed by atoms with Crippen molar-refractivity contribution in [2.75, 3.05) is 11.9 Å². The molecule has 2 atom stereocenters. The Hall–Kier alpha value is -1.13. The number of nitrogens with zero attached hydrogens (tertiary/aromatic N) is 1. The standard InChI is InChI=1S/C14H16N2OS/c1-2-4-11-10(3-1)14(18-16-11)15-12-7-8-17-13(12)9-5-6-9/h1-4,9,12-13,15H,5-8H2.